The van der Waals surface area contributed by atoms with Crippen LogP contribution in [0, 0.1) is 5.92 Å². The van der Waals surface area contributed by atoms with Crippen LogP contribution in [0.5, 0.6) is 11.5 Å². The molecule has 5 aromatic rings. The van der Waals surface area contributed by atoms with Crippen molar-refractivity contribution in [3.63, 3.8) is 0 Å². The average molecular weight is 786 g/mol. The number of carbonyl (C=O) groups is 3. The molecule has 0 saturated carbocycles. The molecule has 4 aliphatic heterocycles. The first kappa shape index (κ1) is 38.8. The first-order valence-electron chi connectivity index (χ1n) is 19.7. The third-order valence-electron chi connectivity index (χ3n) is 11.9. The predicted octanol–water partition coefficient (Wildman–Crippen LogP) is 4.03. The summed E-state index contributed by atoms with van der Waals surface area (Å²) in [5, 5.41) is 27.8. The van der Waals surface area contributed by atoms with Crippen molar-refractivity contribution < 1.29 is 34.1 Å². The third-order valence-corrected chi connectivity index (χ3v) is 11.9. The Bertz CT molecular complexity index is 2370. The molecule has 0 radical (unpaired) electrons. The van der Waals surface area contributed by atoms with Gasteiger partial charge in [0.25, 0.3) is 11.8 Å². The molecule has 2 amide bonds. The van der Waals surface area contributed by atoms with Crippen LogP contribution in [0.1, 0.15) is 61.9 Å². The number of pyridine rings is 1. The Balaban J connectivity index is 0.840. The Hall–Kier alpha value is -6.02. The molecule has 13 heteroatoms. The van der Waals surface area contributed by atoms with Crippen LogP contribution >= 0.6 is 0 Å². The number of aliphatic hydroxyl groups is 1. The van der Waals surface area contributed by atoms with E-state index in [0.717, 1.165) is 49.2 Å². The molecule has 4 aromatic carbocycles. The van der Waals surface area contributed by atoms with Gasteiger partial charge in [0.05, 0.1) is 18.7 Å². The highest BCUT2D eigenvalue weighted by Gasteiger charge is 2.55. The molecule has 0 aliphatic carbocycles. The summed E-state index contributed by atoms with van der Waals surface area (Å²) in [7, 11) is 1.56. The normalized spacial score (nSPS) is 19.9. The number of fused-ring (bicyclic) bond motifs is 4. The highest BCUT2D eigenvalue weighted by atomic mass is 16.5. The third kappa shape index (κ3) is 7.80. The Morgan fingerprint density at radius 1 is 0.914 bits per heavy atom. The van der Waals surface area contributed by atoms with Gasteiger partial charge < -0.3 is 40.2 Å². The molecule has 4 fully saturated rings. The van der Waals surface area contributed by atoms with Crippen molar-refractivity contribution >= 4 is 28.7 Å². The zero-order valence-corrected chi connectivity index (χ0v) is 32.3. The highest BCUT2D eigenvalue weighted by Crippen LogP contribution is 2.39. The number of nitrogens with one attached hydrogen (secondary N) is 3. The van der Waals surface area contributed by atoms with Gasteiger partial charge in [-0.1, -0.05) is 48.5 Å². The first-order valence-corrected chi connectivity index (χ1v) is 19.7. The number of likely N-dealkylation sites (tertiary alicyclic amines) is 1. The zero-order chi connectivity index (χ0) is 40.4. The number of phenols is 1. The molecule has 13 nitrogen and oxygen atoms in total. The fourth-order valence-corrected chi connectivity index (χ4v) is 8.51. The van der Waals surface area contributed by atoms with Crippen LogP contribution in [0.25, 0.3) is 10.9 Å². The van der Waals surface area contributed by atoms with Crippen molar-refractivity contribution in [3.05, 3.63) is 141 Å². The number of rotatable bonds is 13. The number of aliphatic hydroxyl groups excluding tert-OH is 1. The molecule has 300 valence electrons. The van der Waals surface area contributed by atoms with Crippen molar-refractivity contribution in [1.82, 2.24) is 25.4 Å². The number of piperidine rings is 3. The second-order valence-corrected chi connectivity index (χ2v) is 15.5. The van der Waals surface area contributed by atoms with Gasteiger partial charge in [0.1, 0.15) is 23.0 Å². The summed E-state index contributed by atoms with van der Waals surface area (Å²) >= 11 is 0. The van der Waals surface area contributed by atoms with Crippen LogP contribution in [0.2, 0.25) is 0 Å². The van der Waals surface area contributed by atoms with E-state index in [0.29, 0.717) is 40.3 Å². The number of aromatic hydroxyl groups is 1. The molecule has 4 saturated heterocycles. The number of methoxy groups -OCH3 is 1. The van der Waals surface area contributed by atoms with Gasteiger partial charge in [0.15, 0.2) is 0 Å². The number of hydrogen-bond donors (Lipinski definition) is 5. The maximum atomic E-state index is 13.8. The Labute approximate surface area is 335 Å². The molecule has 0 spiro atoms. The van der Waals surface area contributed by atoms with Gasteiger partial charge in [-0.05, 0) is 91.0 Å². The number of carbonyl (C=O) groups excluding carboxylic acids is 3. The number of amides is 2. The summed E-state index contributed by atoms with van der Waals surface area (Å²) in [4.78, 5) is 58.9. The van der Waals surface area contributed by atoms with Crippen molar-refractivity contribution in [1.29, 1.82) is 0 Å². The van der Waals surface area contributed by atoms with Gasteiger partial charge in [-0.2, -0.15) is 0 Å². The summed E-state index contributed by atoms with van der Waals surface area (Å²) in [6, 6.07) is 27.7. The van der Waals surface area contributed by atoms with Crippen molar-refractivity contribution in [2.24, 2.45) is 5.92 Å². The van der Waals surface area contributed by atoms with E-state index >= 15 is 0 Å². The summed E-state index contributed by atoms with van der Waals surface area (Å²) in [5.41, 5.74) is 2.91. The van der Waals surface area contributed by atoms with Gasteiger partial charge in [-0.25, -0.2) is 0 Å². The zero-order valence-electron chi connectivity index (χ0n) is 32.3. The summed E-state index contributed by atoms with van der Waals surface area (Å²) < 4.78 is 11.8. The van der Waals surface area contributed by atoms with Crippen molar-refractivity contribution in [2.45, 2.75) is 43.6 Å². The van der Waals surface area contributed by atoms with Gasteiger partial charge in [-0.3, -0.25) is 24.1 Å². The van der Waals surface area contributed by atoms with Crippen LogP contribution in [-0.4, -0.2) is 95.3 Å². The minimum atomic E-state index is -0.919. The number of benzene rings is 4. The fraction of sp³-hybridized carbons (Fsp3) is 0.333. The molecule has 2 atom stereocenters. The van der Waals surface area contributed by atoms with E-state index in [1.807, 2.05) is 48.5 Å². The molecule has 5 heterocycles. The van der Waals surface area contributed by atoms with Crippen molar-refractivity contribution in [3.8, 4) is 11.5 Å². The standard InChI is InChI=1S/C45H47N5O8/c1-57-38-21-28(7-8-32(38)23-46-24-37(52)34-13-15-36(51)41-35(34)14-16-40(53)48-41)22-47-42(54)30-9-11-31(12-10-30)43(55)50-26-45(27-50,33-5-3-2-4-6-33)44(56)58-39-25-49-19-17-29(39)18-20-49/h2-16,21,29,37,39,46,51-52H,17-20,22-27H2,1H3,(H,47,54)(H,48,53)/t37?,39-/m0/s1. The Morgan fingerprint density at radius 3 is 2.36 bits per heavy atom. The minimum absolute atomic E-state index is 0.0725. The van der Waals surface area contributed by atoms with Gasteiger partial charge in [-0.15, -0.1) is 0 Å². The minimum Gasteiger partial charge on any atom is -0.506 e. The topological polar surface area (TPSA) is 174 Å². The van der Waals surface area contributed by atoms with E-state index in [1.165, 1.54) is 12.1 Å². The van der Waals surface area contributed by atoms with Gasteiger partial charge in [0, 0.05) is 67.4 Å². The lowest BCUT2D eigenvalue weighted by Crippen LogP contribution is -2.66. The Kier molecular flexibility index (Phi) is 11.0. The second-order valence-electron chi connectivity index (χ2n) is 15.5. The van der Waals surface area contributed by atoms with E-state index in [1.54, 1.807) is 48.4 Å². The monoisotopic (exact) mass is 785 g/mol. The van der Waals surface area contributed by atoms with E-state index in [2.05, 4.69) is 20.5 Å². The largest absolute Gasteiger partial charge is 0.506 e. The number of H-pyrrole nitrogens is 1. The lowest BCUT2D eigenvalue weighted by atomic mass is 9.73. The number of phenolic OH excluding ortho intramolecular Hbond substituents is 1. The first-order chi connectivity index (χ1) is 28.1. The number of esters is 1. The summed E-state index contributed by atoms with van der Waals surface area (Å²) in [5.74, 6) is 0.143. The molecule has 9 rings (SSSR count). The molecular weight excluding hydrogens is 739 g/mol. The summed E-state index contributed by atoms with van der Waals surface area (Å²) in [6.07, 6.45) is 1.05. The fourth-order valence-electron chi connectivity index (χ4n) is 8.51. The molecule has 5 N–H and O–H groups in total. The quantitative estimate of drug-likeness (QED) is 0.110. The molecule has 2 bridgehead atoms. The SMILES string of the molecule is COc1cc(CNC(=O)c2ccc(C(=O)N3CC(C(=O)O[C@H]4CN5CCC4CC5)(c4ccccc4)C3)cc2)ccc1CNCC(O)c1ccc(O)c2[nH]c(=O)ccc12. The smallest absolute Gasteiger partial charge is 0.320 e. The maximum absolute atomic E-state index is 13.8. The van der Waals surface area contributed by atoms with Crippen LogP contribution < -0.4 is 20.9 Å². The van der Waals surface area contributed by atoms with E-state index < -0.39 is 11.5 Å². The van der Waals surface area contributed by atoms with Gasteiger partial charge >= 0.3 is 5.97 Å². The van der Waals surface area contributed by atoms with Crippen LogP contribution in [-0.2, 0) is 28.0 Å². The molecule has 1 aromatic heterocycles. The van der Waals surface area contributed by atoms with E-state index in [9.17, 15) is 29.4 Å². The molecular formula is C45H47N5O8. The maximum Gasteiger partial charge on any atom is 0.320 e. The number of nitrogens with zero attached hydrogens (tertiary/aromatic N) is 2. The number of aromatic nitrogens is 1. The Morgan fingerprint density at radius 2 is 1.66 bits per heavy atom. The van der Waals surface area contributed by atoms with Crippen LogP contribution in [0.4, 0.5) is 0 Å². The van der Waals surface area contributed by atoms with Crippen LogP contribution in [0.3, 0.4) is 0 Å². The average Bonchev–Trinajstić information content (AvgIpc) is 3.23. The predicted molar refractivity (Wildman–Crippen MR) is 217 cm³/mol. The highest BCUT2D eigenvalue weighted by molar-refractivity contribution is 5.99. The molecule has 1 unspecified atom stereocenters. The summed E-state index contributed by atoms with van der Waals surface area (Å²) in [6.45, 7) is 4.15. The number of ether oxygens (including phenoxy) is 2. The molecule has 4 aliphatic rings. The molecule has 58 heavy (non-hydrogen) atoms. The van der Waals surface area contributed by atoms with Crippen molar-refractivity contribution in [2.75, 3.05) is 46.4 Å². The van der Waals surface area contributed by atoms with E-state index in [-0.39, 0.29) is 66.9 Å². The second kappa shape index (κ2) is 16.5. The number of aromatic amines is 1. The van der Waals surface area contributed by atoms with E-state index in [4.69, 9.17) is 9.47 Å². The van der Waals surface area contributed by atoms with Gasteiger partial charge in [0.2, 0.25) is 5.56 Å². The lowest BCUT2D eigenvalue weighted by Gasteiger charge is -2.50. The number of hydrogen-bond acceptors (Lipinski definition) is 10. The lowest BCUT2D eigenvalue weighted by molar-refractivity contribution is -0.171. The van der Waals surface area contributed by atoms with Crippen LogP contribution in [0.15, 0.2) is 102 Å².